The molecule has 0 N–H and O–H groups in total. The van der Waals surface area contributed by atoms with E-state index in [4.69, 9.17) is 8.22 Å². The summed E-state index contributed by atoms with van der Waals surface area (Å²) in [5.74, 6) is 0. The lowest BCUT2D eigenvalue weighted by atomic mass is 9.37. The first-order valence-electron chi connectivity index (χ1n) is 19.6. The quantitative estimate of drug-likeness (QED) is 0.187. The molecular formula is C40H26BN3S. The van der Waals surface area contributed by atoms with Crippen molar-refractivity contribution in [1.29, 1.82) is 0 Å². The van der Waals surface area contributed by atoms with Crippen LogP contribution in [0.25, 0.3) is 26.7 Å². The van der Waals surface area contributed by atoms with Crippen LogP contribution in [0.15, 0.2) is 157 Å². The summed E-state index contributed by atoms with van der Waals surface area (Å²) >= 11 is 1.56. The molecule has 0 saturated heterocycles. The molecule has 0 amide bonds. The molecule has 5 heteroatoms. The molecule has 0 radical (unpaired) electrons. The summed E-state index contributed by atoms with van der Waals surface area (Å²) < 4.78 is 92.5. The minimum absolute atomic E-state index is 0.00795. The van der Waals surface area contributed by atoms with Crippen LogP contribution < -0.4 is 25.6 Å². The molecule has 10 rings (SSSR count). The number of para-hydroxylation sites is 4. The standard InChI is InChI=1S/C40H26BN3S/c1-4-15-27(16-5-1)42-33-24-14-25-34-36(33)41(39-37(42)30-21-10-12-23-32(30)44(39)29-19-8-3-9-20-29)40-38(31-22-11-13-26-35(31)45-40)43(34)28-17-6-2-7-18-28/h1-26H/i1D,2D,4D,5D,6D,7D,15D,16D,17D,18D. The molecule has 4 heterocycles. The Morgan fingerprint density at radius 1 is 0.533 bits per heavy atom. The summed E-state index contributed by atoms with van der Waals surface area (Å²) in [5.41, 5.74) is 5.63. The van der Waals surface area contributed by atoms with Gasteiger partial charge >= 0.3 is 0 Å². The fourth-order valence-corrected chi connectivity index (χ4v) is 8.41. The molecule has 2 aliphatic rings. The average Bonchev–Trinajstić information content (AvgIpc) is 3.76. The highest BCUT2D eigenvalue weighted by atomic mass is 32.1. The van der Waals surface area contributed by atoms with Gasteiger partial charge in [-0.05, 0) is 66.0 Å². The molecule has 2 aromatic heterocycles. The third-order valence-electron chi connectivity index (χ3n) is 8.73. The number of aromatic nitrogens is 1. The van der Waals surface area contributed by atoms with Crippen LogP contribution in [0.1, 0.15) is 13.7 Å². The van der Waals surface area contributed by atoms with Gasteiger partial charge in [0.05, 0.1) is 30.6 Å². The van der Waals surface area contributed by atoms with Gasteiger partial charge in [-0.15, -0.1) is 11.3 Å². The lowest BCUT2D eigenvalue weighted by Crippen LogP contribution is -2.62. The van der Waals surface area contributed by atoms with E-state index in [-0.39, 0.29) is 35.5 Å². The van der Waals surface area contributed by atoms with Crippen molar-refractivity contribution in [2.75, 3.05) is 9.80 Å². The number of fused-ring (bicyclic) bond motifs is 8. The lowest BCUT2D eigenvalue weighted by molar-refractivity contribution is 1.15. The monoisotopic (exact) mass is 601 g/mol. The van der Waals surface area contributed by atoms with E-state index in [1.165, 1.54) is 0 Å². The molecular weight excluding hydrogens is 565 g/mol. The molecule has 3 nitrogen and oxygen atoms in total. The fraction of sp³-hybridized carbons (Fsp3) is 0. The van der Waals surface area contributed by atoms with Crippen molar-refractivity contribution in [2.24, 2.45) is 0 Å². The molecule has 2 aliphatic heterocycles. The first kappa shape index (κ1) is 17.1. The second kappa shape index (κ2) is 9.49. The zero-order valence-corrected chi connectivity index (χ0v) is 24.4. The van der Waals surface area contributed by atoms with Gasteiger partial charge in [0.15, 0.2) is 0 Å². The zero-order valence-electron chi connectivity index (χ0n) is 33.6. The predicted octanol–water partition coefficient (Wildman–Crippen LogP) is 8.93. The Bertz CT molecular complexity index is 2910. The number of hydrogen-bond acceptors (Lipinski definition) is 3. The Labute approximate surface area is 280 Å². The van der Waals surface area contributed by atoms with E-state index >= 15 is 0 Å². The number of rotatable bonds is 3. The van der Waals surface area contributed by atoms with Crippen molar-refractivity contribution in [2.45, 2.75) is 0 Å². The fourth-order valence-electron chi connectivity index (χ4n) is 7.11. The number of benzene rings is 6. The number of nitrogens with zero attached hydrogens (tertiary/aromatic N) is 3. The first-order valence-corrected chi connectivity index (χ1v) is 15.4. The molecule has 0 saturated carbocycles. The van der Waals surface area contributed by atoms with E-state index in [0.29, 0.717) is 28.2 Å². The lowest BCUT2D eigenvalue weighted by Gasteiger charge is -2.42. The molecule has 210 valence electrons. The van der Waals surface area contributed by atoms with Gasteiger partial charge < -0.3 is 14.4 Å². The Hall–Kier alpha value is -5.52. The summed E-state index contributed by atoms with van der Waals surface area (Å²) in [6.07, 6.45) is 0. The molecule has 45 heavy (non-hydrogen) atoms. The highest BCUT2D eigenvalue weighted by Crippen LogP contribution is 2.49. The smallest absolute Gasteiger partial charge is 0.285 e. The van der Waals surface area contributed by atoms with Crippen LogP contribution in [0.5, 0.6) is 0 Å². The number of anilines is 6. The van der Waals surface area contributed by atoms with Crippen molar-refractivity contribution in [3.63, 3.8) is 0 Å². The minimum Gasteiger partial charge on any atom is -0.319 e. The summed E-state index contributed by atoms with van der Waals surface area (Å²) in [6, 6.07) is 26.8. The van der Waals surface area contributed by atoms with Crippen LogP contribution in [-0.4, -0.2) is 11.3 Å². The van der Waals surface area contributed by atoms with E-state index in [9.17, 15) is 5.48 Å². The van der Waals surface area contributed by atoms with Gasteiger partial charge in [0.25, 0.3) is 6.71 Å². The molecule has 0 bridgehead atoms. The SMILES string of the molecule is [2H]c1c([2H])c([2H])c(N2c3cccc4c3B(c3sc5ccccc5c32)c2c(c3ccccc3n2-c2ccccc2)N4c2c([2H])c([2H])c([2H])c([2H])c2[2H])c([2H])c1[2H]. The Morgan fingerprint density at radius 3 is 1.84 bits per heavy atom. The summed E-state index contributed by atoms with van der Waals surface area (Å²) in [4.78, 5) is 3.54. The Kier molecular flexibility index (Phi) is 3.61. The van der Waals surface area contributed by atoms with Gasteiger partial charge in [-0.25, -0.2) is 0 Å². The van der Waals surface area contributed by atoms with Crippen molar-refractivity contribution >= 4 is 89.0 Å². The number of hydrogen-bond donors (Lipinski definition) is 0. The van der Waals surface area contributed by atoms with Crippen LogP contribution in [0.4, 0.5) is 34.1 Å². The van der Waals surface area contributed by atoms with Gasteiger partial charge in [0.2, 0.25) is 0 Å². The molecule has 0 spiro atoms. The van der Waals surface area contributed by atoms with Crippen LogP contribution in [0.2, 0.25) is 0 Å². The molecule has 0 aliphatic carbocycles. The van der Waals surface area contributed by atoms with E-state index < -0.39 is 43.0 Å². The summed E-state index contributed by atoms with van der Waals surface area (Å²) in [5, 5.41) is 1.65. The molecule has 8 aromatic rings. The molecule has 0 fully saturated rings. The van der Waals surface area contributed by atoms with Crippen molar-refractivity contribution in [3.8, 4) is 5.69 Å². The molecule has 6 aromatic carbocycles. The third-order valence-corrected chi connectivity index (χ3v) is 9.95. The second-order valence-corrected chi connectivity index (χ2v) is 12.1. The third kappa shape index (κ3) is 3.41. The highest BCUT2D eigenvalue weighted by molar-refractivity contribution is 7.33. The van der Waals surface area contributed by atoms with Crippen LogP contribution in [0, 0.1) is 0 Å². The van der Waals surface area contributed by atoms with Crippen molar-refractivity contribution in [1.82, 2.24) is 4.57 Å². The topological polar surface area (TPSA) is 11.4 Å². The minimum atomic E-state index is -0.502. The maximum absolute atomic E-state index is 9.25. The van der Waals surface area contributed by atoms with Gasteiger partial charge in [-0.3, -0.25) is 0 Å². The normalized spacial score (nSPS) is 16.3. The van der Waals surface area contributed by atoms with Gasteiger partial charge in [-0.1, -0.05) is 96.9 Å². The Morgan fingerprint density at radius 2 is 1.13 bits per heavy atom. The van der Waals surface area contributed by atoms with Gasteiger partial charge in [-0.2, -0.15) is 0 Å². The zero-order chi connectivity index (χ0) is 38.2. The van der Waals surface area contributed by atoms with Crippen molar-refractivity contribution in [3.05, 3.63) is 157 Å². The maximum atomic E-state index is 9.25. The largest absolute Gasteiger partial charge is 0.319 e. The molecule has 0 atom stereocenters. The second-order valence-electron chi connectivity index (χ2n) is 11.0. The highest BCUT2D eigenvalue weighted by Gasteiger charge is 2.47. The van der Waals surface area contributed by atoms with E-state index in [1.54, 1.807) is 27.2 Å². The van der Waals surface area contributed by atoms with E-state index in [0.717, 1.165) is 37.0 Å². The van der Waals surface area contributed by atoms with E-state index in [2.05, 4.69) is 4.57 Å². The predicted molar refractivity (Wildman–Crippen MR) is 193 cm³/mol. The van der Waals surface area contributed by atoms with Gasteiger partial charge in [0.1, 0.15) is 0 Å². The summed E-state index contributed by atoms with van der Waals surface area (Å²) in [7, 11) is 0. The van der Waals surface area contributed by atoms with Crippen LogP contribution >= 0.6 is 11.3 Å². The Balaban J connectivity index is 1.44. The number of thiophene rings is 1. The van der Waals surface area contributed by atoms with Crippen molar-refractivity contribution < 1.29 is 13.7 Å². The first-order chi connectivity index (χ1) is 26.5. The molecule has 0 unspecified atom stereocenters. The van der Waals surface area contributed by atoms with Crippen LogP contribution in [-0.2, 0) is 0 Å². The van der Waals surface area contributed by atoms with E-state index in [1.807, 2.05) is 91.0 Å². The average molecular weight is 602 g/mol. The van der Waals surface area contributed by atoms with Gasteiger partial charge in [0, 0.05) is 54.3 Å². The maximum Gasteiger partial charge on any atom is 0.285 e. The van der Waals surface area contributed by atoms with Crippen LogP contribution in [0.3, 0.4) is 0 Å². The summed E-state index contributed by atoms with van der Waals surface area (Å²) in [6.45, 7) is -0.497.